The molecule has 1 fully saturated rings. The first-order valence-electron chi connectivity index (χ1n) is 6.11. The van der Waals surface area contributed by atoms with Crippen LogP contribution in [0.5, 0.6) is 0 Å². The number of hydrogen-bond acceptors (Lipinski definition) is 4. The zero-order valence-electron chi connectivity index (χ0n) is 12.0. The smallest absolute Gasteiger partial charge is 0.411 e. The summed E-state index contributed by atoms with van der Waals surface area (Å²) in [5.41, 5.74) is -0.998. The summed E-state index contributed by atoms with van der Waals surface area (Å²) in [7, 11) is 1.12. The van der Waals surface area contributed by atoms with Gasteiger partial charge in [0.2, 0.25) is 0 Å². The minimum absolute atomic E-state index is 0.185. The normalized spacial score (nSPS) is 21.5. The molecule has 0 bridgehead atoms. The Balaban J connectivity index is 2.94. The van der Waals surface area contributed by atoms with Gasteiger partial charge in [-0.15, -0.1) is 0 Å². The van der Waals surface area contributed by atoms with E-state index < -0.39 is 42.6 Å². The molecule has 0 aromatic heterocycles. The van der Waals surface area contributed by atoms with Crippen LogP contribution >= 0.6 is 0 Å². The summed E-state index contributed by atoms with van der Waals surface area (Å²) < 4.78 is 36.6. The molecular weight excluding hydrogens is 272 g/mol. The van der Waals surface area contributed by atoms with Gasteiger partial charge in [0.05, 0.1) is 25.3 Å². The molecule has 1 rings (SSSR count). The third-order valence-electron chi connectivity index (χ3n) is 2.75. The fourth-order valence-corrected chi connectivity index (χ4v) is 1.91. The Morgan fingerprint density at radius 3 is 2.35 bits per heavy atom. The van der Waals surface area contributed by atoms with Crippen LogP contribution in [0.2, 0.25) is 0 Å². The van der Waals surface area contributed by atoms with Crippen LogP contribution in [0.15, 0.2) is 12.2 Å². The molecule has 7 heteroatoms. The van der Waals surface area contributed by atoms with Crippen LogP contribution in [0.3, 0.4) is 0 Å². The van der Waals surface area contributed by atoms with Gasteiger partial charge in [0.15, 0.2) is 0 Å². The fourth-order valence-electron chi connectivity index (χ4n) is 1.91. The molecule has 1 aliphatic heterocycles. The summed E-state index contributed by atoms with van der Waals surface area (Å²) in [5, 5.41) is 0. The molecule has 0 saturated carbocycles. The largest absolute Gasteiger partial charge is 0.466 e. The Morgan fingerprint density at radius 2 is 1.90 bits per heavy atom. The number of rotatable bonds is 2. The maximum absolute atomic E-state index is 13.5. The highest BCUT2D eigenvalue weighted by atomic mass is 19.3. The summed E-state index contributed by atoms with van der Waals surface area (Å²) in [4.78, 5) is 24.2. The van der Waals surface area contributed by atoms with Gasteiger partial charge in [0, 0.05) is 6.42 Å². The Bertz CT molecular complexity index is 429. The lowest BCUT2D eigenvalue weighted by molar-refractivity contribution is -0.136. The van der Waals surface area contributed by atoms with E-state index in [1.165, 1.54) is 0 Å². The van der Waals surface area contributed by atoms with Gasteiger partial charge in [-0.2, -0.15) is 0 Å². The monoisotopic (exact) mass is 291 g/mol. The van der Waals surface area contributed by atoms with E-state index in [1.54, 1.807) is 20.8 Å². The van der Waals surface area contributed by atoms with E-state index in [-0.39, 0.29) is 5.57 Å². The molecular formula is C13H19F2NO4. The van der Waals surface area contributed by atoms with Crippen molar-refractivity contribution in [3.05, 3.63) is 12.2 Å². The second-order valence-corrected chi connectivity index (χ2v) is 5.70. The van der Waals surface area contributed by atoms with Gasteiger partial charge in [0.1, 0.15) is 5.60 Å². The summed E-state index contributed by atoms with van der Waals surface area (Å²) >= 11 is 0. The van der Waals surface area contributed by atoms with Crippen LogP contribution in [0.4, 0.5) is 13.6 Å². The van der Waals surface area contributed by atoms with E-state index >= 15 is 0 Å². The highest BCUT2D eigenvalue weighted by molar-refractivity contribution is 5.90. The van der Waals surface area contributed by atoms with Crippen molar-refractivity contribution in [3.8, 4) is 0 Å². The molecule has 0 aromatic carbocycles. The molecule has 0 aliphatic carbocycles. The molecule has 0 N–H and O–H groups in total. The summed E-state index contributed by atoms with van der Waals surface area (Å²) in [6.07, 6.45) is -1.56. The van der Waals surface area contributed by atoms with E-state index in [0.717, 1.165) is 12.0 Å². The summed E-state index contributed by atoms with van der Waals surface area (Å²) in [5.74, 6) is -3.90. The number of likely N-dealkylation sites (tertiary alicyclic amines) is 1. The number of ether oxygens (including phenoxy) is 2. The van der Waals surface area contributed by atoms with E-state index in [9.17, 15) is 18.4 Å². The number of methoxy groups -OCH3 is 1. The van der Waals surface area contributed by atoms with E-state index in [0.29, 0.717) is 0 Å². The highest BCUT2D eigenvalue weighted by Crippen LogP contribution is 2.36. The third-order valence-corrected chi connectivity index (χ3v) is 2.75. The van der Waals surface area contributed by atoms with Crippen LogP contribution in [-0.4, -0.2) is 48.2 Å². The second-order valence-electron chi connectivity index (χ2n) is 5.70. The Labute approximate surface area is 116 Å². The Hall–Kier alpha value is -1.66. The molecule has 0 unspecified atom stereocenters. The standard InChI is InChI=1S/C13H19F2NO4/c1-8(10(17)19-5)9-6-13(14,15)7-16(9)11(18)20-12(2,3)4/h9H,1,6-7H2,2-5H3/t9-/m0/s1. The van der Waals surface area contributed by atoms with Crippen molar-refractivity contribution in [1.29, 1.82) is 0 Å². The van der Waals surface area contributed by atoms with Crippen molar-refractivity contribution in [1.82, 2.24) is 4.90 Å². The number of carbonyl (C=O) groups excluding carboxylic acids is 2. The fraction of sp³-hybridized carbons (Fsp3) is 0.692. The zero-order chi connectivity index (χ0) is 15.7. The summed E-state index contributed by atoms with van der Waals surface area (Å²) in [6.45, 7) is 7.53. The molecule has 5 nitrogen and oxygen atoms in total. The number of carbonyl (C=O) groups is 2. The van der Waals surface area contributed by atoms with E-state index in [1.807, 2.05) is 0 Å². The number of halogens is 2. The molecule has 1 heterocycles. The van der Waals surface area contributed by atoms with Crippen molar-refractivity contribution >= 4 is 12.1 Å². The molecule has 0 radical (unpaired) electrons. The minimum Gasteiger partial charge on any atom is -0.466 e. The van der Waals surface area contributed by atoms with Crippen LogP contribution in [0.1, 0.15) is 27.2 Å². The molecule has 20 heavy (non-hydrogen) atoms. The molecule has 0 aromatic rings. The van der Waals surface area contributed by atoms with Gasteiger partial charge in [-0.05, 0) is 20.8 Å². The molecule has 114 valence electrons. The van der Waals surface area contributed by atoms with Gasteiger partial charge >= 0.3 is 12.1 Å². The number of amides is 1. The lowest BCUT2D eigenvalue weighted by Crippen LogP contribution is -2.42. The SMILES string of the molecule is C=C(C(=O)OC)[C@@H]1CC(F)(F)CN1C(=O)OC(C)(C)C. The molecule has 1 atom stereocenters. The number of alkyl halides is 2. The van der Waals surface area contributed by atoms with Crippen LogP contribution < -0.4 is 0 Å². The first-order chi connectivity index (χ1) is 8.97. The van der Waals surface area contributed by atoms with Crippen molar-refractivity contribution < 1.29 is 27.8 Å². The number of esters is 1. The van der Waals surface area contributed by atoms with Gasteiger partial charge in [0.25, 0.3) is 5.92 Å². The quantitative estimate of drug-likeness (QED) is 0.579. The Kier molecular flexibility index (Phi) is 4.41. The second kappa shape index (κ2) is 5.38. The van der Waals surface area contributed by atoms with Crippen LogP contribution in [0.25, 0.3) is 0 Å². The maximum atomic E-state index is 13.5. The predicted molar refractivity (Wildman–Crippen MR) is 67.4 cm³/mol. The Morgan fingerprint density at radius 1 is 1.35 bits per heavy atom. The molecule has 0 spiro atoms. The average Bonchev–Trinajstić information content (AvgIpc) is 2.61. The molecule has 1 aliphatic rings. The highest BCUT2D eigenvalue weighted by Gasteiger charge is 2.50. The number of nitrogens with zero attached hydrogens (tertiary/aromatic N) is 1. The van der Waals surface area contributed by atoms with Crippen molar-refractivity contribution in [3.63, 3.8) is 0 Å². The van der Waals surface area contributed by atoms with Gasteiger partial charge < -0.3 is 9.47 Å². The molecule has 1 amide bonds. The first kappa shape index (κ1) is 16.4. The predicted octanol–water partition coefficient (Wildman–Crippen LogP) is 2.36. The van der Waals surface area contributed by atoms with Gasteiger partial charge in [-0.25, -0.2) is 18.4 Å². The molecule has 1 saturated heterocycles. The van der Waals surface area contributed by atoms with Gasteiger partial charge in [-0.1, -0.05) is 6.58 Å². The zero-order valence-corrected chi connectivity index (χ0v) is 12.0. The van der Waals surface area contributed by atoms with Crippen molar-refractivity contribution in [2.24, 2.45) is 0 Å². The summed E-state index contributed by atoms with van der Waals surface area (Å²) in [6, 6.07) is -1.12. The number of hydrogen-bond donors (Lipinski definition) is 0. The van der Waals surface area contributed by atoms with Crippen LogP contribution in [0, 0.1) is 0 Å². The van der Waals surface area contributed by atoms with E-state index in [4.69, 9.17) is 4.74 Å². The van der Waals surface area contributed by atoms with Crippen molar-refractivity contribution in [2.45, 2.75) is 44.8 Å². The average molecular weight is 291 g/mol. The minimum atomic E-state index is -3.08. The lowest BCUT2D eigenvalue weighted by atomic mass is 10.1. The van der Waals surface area contributed by atoms with Gasteiger partial charge in [-0.3, -0.25) is 4.90 Å². The topological polar surface area (TPSA) is 55.8 Å². The lowest BCUT2D eigenvalue weighted by Gasteiger charge is -2.28. The first-order valence-corrected chi connectivity index (χ1v) is 6.11. The maximum Gasteiger partial charge on any atom is 0.411 e. The van der Waals surface area contributed by atoms with Crippen molar-refractivity contribution in [2.75, 3.05) is 13.7 Å². The van der Waals surface area contributed by atoms with Crippen LogP contribution in [-0.2, 0) is 14.3 Å². The third kappa shape index (κ3) is 3.91. The van der Waals surface area contributed by atoms with E-state index in [2.05, 4.69) is 11.3 Å².